The van der Waals surface area contributed by atoms with E-state index in [2.05, 4.69) is 15.3 Å². The first-order valence-electron chi connectivity index (χ1n) is 7.69. The maximum atomic E-state index is 12.4. The van der Waals surface area contributed by atoms with Crippen molar-refractivity contribution in [2.75, 3.05) is 26.2 Å². The Morgan fingerprint density at radius 1 is 1.21 bits per heavy atom. The van der Waals surface area contributed by atoms with E-state index in [0.29, 0.717) is 44.0 Å². The molecule has 1 aromatic heterocycles. The molecule has 2 heterocycles. The molecular formula is C16H17ClN4O2S. The Balaban J connectivity index is 1.60. The van der Waals surface area contributed by atoms with Crippen molar-refractivity contribution in [2.45, 2.75) is 12.8 Å². The molecule has 6 nitrogen and oxygen atoms in total. The van der Waals surface area contributed by atoms with Gasteiger partial charge in [-0.3, -0.25) is 9.59 Å². The van der Waals surface area contributed by atoms with Crippen LogP contribution in [0.4, 0.5) is 0 Å². The van der Waals surface area contributed by atoms with Crippen molar-refractivity contribution in [1.29, 1.82) is 0 Å². The van der Waals surface area contributed by atoms with Gasteiger partial charge in [0.2, 0.25) is 11.8 Å². The number of rotatable bonds is 4. The van der Waals surface area contributed by atoms with E-state index < -0.39 is 0 Å². The second-order valence-corrected chi connectivity index (χ2v) is 6.50. The van der Waals surface area contributed by atoms with Crippen molar-refractivity contribution >= 4 is 46.2 Å². The third-order valence-corrected chi connectivity index (χ3v) is 5.08. The predicted octanol–water partition coefficient (Wildman–Crippen LogP) is 2.13. The number of piperazine rings is 1. The Morgan fingerprint density at radius 2 is 1.92 bits per heavy atom. The number of halogens is 1. The van der Waals surface area contributed by atoms with Crippen LogP contribution in [0.1, 0.15) is 12.0 Å². The smallest absolute Gasteiger partial charge is 0.246 e. The monoisotopic (exact) mass is 364 g/mol. The zero-order chi connectivity index (χ0) is 17.1. The van der Waals surface area contributed by atoms with E-state index in [1.165, 1.54) is 6.08 Å². The number of hydrogen-bond acceptors (Lipinski definition) is 5. The molecule has 0 spiro atoms. The highest BCUT2D eigenvalue weighted by Gasteiger charge is 2.23. The largest absolute Gasteiger partial charge is 0.339 e. The maximum Gasteiger partial charge on any atom is 0.246 e. The first-order chi connectivity index (χ1) is 11.6. The second-order valence-electron chi connectivity index (χ2n) is 5.57. The summed E-state index contributed by atoms with van der Waals surface area (Å²) in [5.74, 6) is -0.0199. The van der Waals surface area contributed by atoms with Crippen molar-refractivity contribution in [2.24, 2.45) is 0 Å². The number of aromatic nitrogens is 2. The van der Waals surface area contributed by atoms with Gasteiger partial charge in [0.1, 0.15) is 11.0 Å². The summed E-state index contributed by atoms with van der Waals surface area (Å²) in [5, 5.41) is 0.615. The Morgan fingerprint density at radius 3 is 2.62 bits per heavy atom. The molecule has 0 atom stereocenters. The molecule has 0 unspecified atom stereocenters. The van der Waals surface area contributed by atoms with Crippen molar-refractivity contribution < 1.29 is 9.59 Å². The molecule has 2 aromatic rings. The molecular weight excluding hydrogens is 348 g/mol. The van der Waals surface area contributed by atoms with Gasteiger partial charge in [0.15, 0.2) is 0 Å². The van der Waals surface area contributed by atoms with E-state index in [-0.39, 0.29) is 11.8 Å². The summed E-state index contributed by atoms with van der Waals surface area (Å²) < 4.78 is 8.48. The van der Waals surface area contributed by atoms with Crippen LogP contribution in [0.15, 0.2) is 24.8 Å². The standard InChI is InChI=1S/C16H17ClN4O2S/c1-2-14(22)20-7-9-21(10-8-20)15(23)6-3-11-12(17)4-5-13-16(11)19-24-18-13/h2,4-5H,1,3,6-10H2. The summed E-state index contributed by atoms with van der Waals surface area (Å²) in [6.07, 6.45) is 2.21. The molecule has 0 N–H and O–H groups in total. The number of amides is 2. The average Bonchev–Trinajstić information content (AvgIpc) is 3.09. The zero-order valence-corrected chi connectivity index (χ0v) is 14.6. The topological polar surface area (TPSA) is 66.4 Å². The molecule has 8 heteroatoms. The lowest BCUT2D eigenvalue weighted by atomic mass is 10.1. The first-order valence-corrected chi connectivity index (χ1v) is 8.79. The van der Waals surface area contributed by atoms with Crippen molar-refractivity contribution in [3.63, 3.8) is 0 Å². The fourth-order valence-corrected chi connectivity index (χ4v) is 3.62. The van der Waals surface area contributed by atoms with E-state index in [0.717, 1.165) is 28.3 Å². The minimum Gasteiger partial charge on any atom is -0.339 e. The number of fused-ring (bicyclic) bond motifs is 1. The number of carbonyl (C=O) groups is 2. The molecule has 1 aliphatic heterocycles. The lowest BCUT2D eigenvalue weighted by Gasteiger charge is -2.34. The first kappa shape index (κ1) is 16.9. The zero-order valence-electron chi connectivity index (χ0n) is 13.1. The summed E-state index contributed by atoms with van der Waals surface area (Å²) in [7, 11) is 0. The van der Waals surface area contributed by atoms with Crippen LogP contribution in [0.5, 0.6) is 0 Å². The van der Waals surface area contributed by atoms with Crippen LogP contribution in [-0.2, 0) is 16.0 Å². The lowest BCUT2D eigenvalue weighted by molar-refractivity contribution is -0.137. The Labute approximate surface area is 149 Å². The van der Waals surface area contributed by atoms with E-state index in [1.807, 2.05) is 6.07 Å². The highest BCUT2D eigenvalue weighted by atomic mass is 35.5. The van der Waals surface area contributed by atoms with Gasteiger partial charge in [-0.05, 0) is 24.6 Å². The van der Waals surface area contributed by atoms with Crippen molar-refractivity contribution in [1.82, 2.24) is 18.5 Å². The number of nitrogens with zero attached hydrogens (tertiary/aromatic N) is 4. The number of hydrogen-bond donors (Lipinski definition) is 0. The molecule has 0 bridgehead atoms. The number of aryl methyl sites for hydroxylation is 1. The van der Waals surface area contributed by atoms with Gasteiger partial charge in [-0.15, -0.1) is 0 Å². The number of benzene rings is 1. The van der Waals surface area contributed by atoms with Gasteiger partial charge >= 0.3 is 0 Å². The van der Waals surface area contributed by atoms with Crippen LogP contribution in [0.2, 0.25) is 5.02 Å². The maximum absolute atomic E-state index is 12.4. The van der Waals surface area contributed by atoms with Crippen LogP contribution in [0.25, 0.3) is 11.0 Å². The van der Waals surface area contributed by atoms with Gasteiger partial charge in [-0.1, -0.05) is 18.2 Å². The van der Waals surface area contributed by atoms with Crippen LogP contribution in [0, 0.1) is 0 Å². The normalized spacial score (nSPS) is 14.9. The van der Waals surface area contributed by atoms with Crippen LogP contribution < -0.4 is 0 Å². The minimum absolute atomic E-state index is 0.0666. The fraction of sp³-hybridized carbons (Fsp3) is 0.375. The van der Waals surface area contributed by atoms with Gasteiger partial charge in [0.05, 0.1) is 11.7 Å². The molecule has 1 aliphatic rings. The molecule has 126 valence electrons. The number of carbonyl (C=O) groups excluding carboxylic acids is 2. The molecule has 24 heavy (non-hydrogen) atoms. The molecule has 3 rings (SSSR count). The van der Waals surface area contributed by atoms with Crippen LogP contribution in [-0.4, -0.2) is 56.5 Å². The van der Waals surface area contributed by atoms with Crippen LogP contribution >= 0.6 is 23.3 Å². The molecule has 1 aromatic carbocycles. The van der Waals surface area contributed by atoms with Crippen LogP contribution in [0.3, 0.4) is 0 Å². The van der Waals surface area contributed by atoms with E-state index in [9.17, 15) is 9.59 Å². The highest BCUT2D eigenvalue weighted by Crippen LogP contribution is 2.26. The molecule has 2 amide bonds. The molecule has 1 fully saturated rings. The van der Waals surface area contributed by atoms with E-state index in [4.69, 9.17) is 11.6 Å². The fourth-order valence-electron chi connectivity index (χ4n) is 2.81. The summed E-state index contributed by atoms with van der Waals surface area (Å²) in [5.41, 5.74) is 2.46. The summed E-state index contributed by atoms with van der Waals surface area (Å²) in [6.45, 7) is 5.68. The average molecular weight is 365 g/mol. The summed E-state index contributed by atoms with van der Waals surface area (Å²) in [6, 6.07) is 3.63. The highest BCUT2D eigenvalue weighted by molar-refractivity contribution is 7.00. The van der Waals surface area contributed by atoms with Gasteiger partial charge < -0.3 is 9.80 Å². The lowest BCUT2D eigenvalue weighted by Crippen LogP contribution is -2.50. The van der Waals surface area contributed by atoms with Gasteiger partial charge in [0.25, 0.3) is 0 Å². The quantitative estimate of drug-likeness (QED) is 0.779. The third kappa shape index (κ3) is 3.42. The SMILES string of the molecule is C=CC(=O)N1CCN(C(=O)CCc2c(Cl)ccc3nsnc23)CC1. The Kier molecular flexibility index (Phi) is 5.11. The molecule has 1 saturated heterocycles. The van der Waals surface area contributed by atoms with E-state index in [1.54, 1.807) is 15.9 Å². The molecule has 0 aliphatic carbocycles. The predicted molar refractivity (Wildman–Crippen MR) is 94.1 cm³/mol. The van der Waals surface area contributed by atoms with Gasteiger partial charge in [-0.2, -0.15) is 8.75 Å². The van der Waals surface area contributed by atoms with Crippen molar-refractivity contribution in [3.8, 4) is 0 Å². The van der Waals surface area contributed by atoms with E-state index >= 15 is 0 Å². The summed E-state index contributed by atoms with van der Waals surface area (Å²) in [4.78, 5) is 27.5. The second kappa shape index (κ2) is 7.27. The minimum atomic E-state index is -0.0865. The van der Waals surface area contributed by atoms with Crippen molar-refractivity contribution in [3.05, 3.63) is 35.4 Å². The Bertz CT molecular complexity index is 783. The molecule has 0 saturated carbocycles. The summed E-state index contributed by atoms with van der Waals surface area (Å²) >= 11 is 7.40. The van der Waals surface area contributed by atoms with Gasteiger partial charge in [-0.25, -0.2) is 0 Å². The Hall–Kier alpha value is -1.99. The van der Waals surface area contributed by atoms with Gasteiger partial charge in [0, 0.05) is 43.2 Å². The molecule has 0 radical (unpaired) electrons. The third-order valence-electron chi connectivity index (χ3n) is 4.18.